The summed E-state index contributed by atoms with van der Waals surface area (Å²) < 4.78 is 0. The van der Waals surface area contributed by atoms with Crippen molar-refractivity contribution in [2.75, 3.05) is 23.8 Å². The first-order valence-corrected chi connectivity index (χ1v) is 5.32. The van der Waals surface area contributed by atoms with E-state index in [-0.39, 0.29) is 0 Å². The minimum absolute atomic E-state index is 0.511. The Labute approximate surface area is 89.9 Å². The summed E-state index contributed by atoms with van der Waals surface area (Å²) in [4.78, 5) is 2.27. The van der Waals surface area contributed by atoms with Crippen LogP contribution >= 0.6 is 11.6 Å². The molecule has 1 heterocycles. The molecule has 1 N–H and O–H groups in total. The molecular formula is C11H15ClN2. The number of rotatable bonds is 0. The van der Waals surface area contributed by atoms with Crippen molar-refractivity contribution in [1.29, 1.82) is 0 Å². The number of benzene rings is 1. The fourth-order valence-electron chi connectivity index (χ4n) is 1.80. The third-order valence-corrected chi connectivity index (χ3v) is 2.90. The Hall–Kier alpha value is -0.890. The molecule has 0 unspecified atom stereocenters. The second-order valence-corrected chi connectivity index (χ2v) is 4.35. The molecule has 1 aliphatic rings. The van der Waals surface area contributed by atoms with Crippen molar-refractivity contribution in [1.82, 2.24) is 0 Å². The summed E-state index contributed by atoms with van der Waals surface area (Å²) in [6.07, 6.45) is 1.16. The molecule has 76 valence electrons. The second kappa shape index (κ2) is 3.70. The predicted molar refractivity (Wildman–Crippen MR) is 62.4 cm³/mol. The van der Waals surface area contributed by atoms with E-state index < -0.39 is 0 Å². The van der Waals surface area contributed by atoms with Gasteiger partial charge < -0.3 is 10.2 Å². The molecular weight excluding hydrogens is 196 g/mol. The van der Waals surface area contributed by atoms with E-state index in [2.05, 4.69) is 30.3 Å². The molecule has 0 spiro atoms. The number of fused-ring (bicyclic) bond motifs is 1. The highest BCUT2D eigenvalue weighted by Gasteiger charge is 2.15. The zero-order chi connectivity index (χ0) is 10.1. The highest BCUT2D eigenvalue weighted by atomic mass is 35.5. The van der Waals surface area contributed by atoms with Crippen LogP contribution in [0.2, 0.25) is 5.02 Å². The van der Waals surface area contributed by atoms with Crippen molar-refractivity contribution in [3.63, 3.8) is 0 Å². The smallest absolute Gasteiger partial charge is 0.0600 e. The number of hydrogen-bond donors (Lipinski definition) is 1. The minimum atomic E-state index is 0.511. The molecule has 1 aromatic rings. The Kier molecular flexibility index (Phi) is 2.55. The SMILES string of the molecule is C[C@H]1CCN(C)c2ccc(Cl)cc2N1. The topological polar surface area (TPSA) is 15.3 Å². The van der Waals surface area contributed by atoms with Crippen LogP contribution in [0.5, 0.6) is 0 Å². The Morgan fingerprint density at radius 3 is 3.07 bits per heavy atom. The van der Waals surface area contributed by atoms with Gasteiger partial charge in [0.15, 0.2) is 0 Å². The molecule has 0 fully saturated rings. The fraction of sp³-hybridized carbons (Fsp3) is 0.455. The molecule has 0 saturated carbocycles. The average molecular weight is 211 g/mol. The molecule has 0 amide bonds. The summed E-state index contributed by atoms with van der Waals surface area (Å²) in [6, 6.07) is 6.52. The van der Waals surface area contributed by atoms with Gasteiger partial charge in [0.1, 0.15) is 0 Å². The van der Waals surface area contributed by atoms with Gasteiger partial charge in [0.05, 0.1) is 11.4 Å². The first-order valence-electron chi connectivity index (χ1n) is 4.94. The van der Waals surface area contributed by atoms with E-state index in [0.717, 1.165) is 23.7 Å². The van der Waals surface area contributed by atoms with Crippen molar-refractivity contribution in [3.05, 3.63) is 23.2 Å². The molecule has 0 aliphatic carbocycles. The van der Waals surface area contributed by atoms with Gasteiger partial charge in [-0.15, -0.1) is 0 Å². The van der Waals surface area contributed by atoms with E-state index in [0.29, 0.717) is 6.04 Å². The Morgan fingerprint density at radius 2 is 2.29 bits per heavy atom. The van der Waals surface area contributed by atoms with Gasteiger partial charge >= 0.3 is 0 Å². The van der Waals surface area contributed by atoms with Crippen LogP contribution in [0.25, 0.3) is 0 Å². The van der Waals surface area contributed by atoms with E-state index in [1.54, 1.807) is 0 Å². The summed E-state index contributed by atoms with van der Waals surface area (Å²) in [5.74, 6) is 0. The van der Waals surface area contributed by atoms with Crippen LogP contribution in [0, 0.1) is 0 Å². The Morgan fingerprint density at radius 1 is 1.50 bits per heavy atom. The zero-order valence-corrected chi connectivity index (χ0v) is 9.30. The highest BCUT2D eigenvalue weighted by Crippen LogP contribution is 2.31. The summed E-state index contributed by atoms with van der Waals surface area (Å²) >= 11 is 5.97. The minimum Gasteiger partial charge on any atom is -0.381 e. The van der Waals surface area contributed by atoms with Crippen molar-refractivity contribution in [3.8, 4) is 0 Å². The lowest BCUT2D eigenvalue weighted by molar-refractivity contribution is 0.711. The second-order valence-electron chi connectivity index (χ2n) is 3.92. The third kappa shape index (κ3) is 1.80. The van der Waals surface area contributed by atoms with E-state index in [9.17, 15) is 0 Å². The van der Waals surface area contributed by atoms with Gasteiger partial charge in [-0.1, -0.05) is 11.6 Å². The quantitative estimate of drug-likeness (QED) is 0.708. The van der Waals surface area contributed by atoms with Crippen molar-refractivity contribution >= 4 is 23.0 Å². The number of anilines is 2. The fourth-order valence-corrected chi connectivity index (χ4v) is 1.97. The average Bonchev–Trinajstić information content (AvgIpc) is 2.26. The maximum atomic E-state index is 5.97. The van der Waals surface area contributed by atoms with Gasteiger partial charge in [-0.25, -0.2) is 0 Å². The largest absolute Gasteiger partial charge is 0.381 e. The summed E-state index contributed by atoms with van der Waals surface area (Å²) in [6.45, 7) is 3.28. The number of halogens is 1. The van der Waals surface area contributed by atoms with E-state index in [1.165, 1.54) is 5.69 Å². The molecule has 1 aliphatic heterocycles. The lowest BCUT2D eigenvalue weighted by Gasteiger charge is -2.18. The summed E-state index contributed by atoms with van der Waals surface area (Å²) in [5.41, 5.74) is 2.38. The molecule has 1 atom stereocenters. The zero-order valence-electron chi connectivity index (χ0n) is 8.55. The predicted octanol–water partition coefficient (Wildman–Crippen LogP) is 2.98. The number of nitrogens with one attached hydrogen (secondary N) is 1. The van der Waals surface area contributed by atoms with Crippen molar-refractivity contribution in [2.45, 2.75) is 19.4 Å². The highest BCUT2D eigenvalue weighted by molar-refractivity contribution is 6.31. The molecule has 1 aromatic carbocycles. The molecule has 0 bridgehead atoms. The van der Waals surface area contributed by atoms with Gasteiger partial charge in [-0.05, 0) is 31.5 Å². The van der Waals surface area contributed by atoms with Crippen LogP contribution < -0.4 is 10.2 Å². The van der Waals surface area contributed by atoms with Crippen molar-refractivity contribution in [2.24, 2.45) is 0 Å². The molecule has 3 heteroatoms. The molecule has 14 heavy (non-hydrogen) atoms. The molecule has 2 nitrogen and oxygen atoms in total. The van der Waals surface area contributed by atoms with Crippen LogP contribution in [0.4, 0.5) is 11.4 Å². The van der Waals surface area contributed by atoms with E-state index in [4.69, 9.17) is 11.6 Å². The lowest BCUT2D eigenvalue weighted by Crippen LogP contribution is -2.19. The standard InChI is InChI=1S/C11H15ClN2/c1-8-5-6-14(2)11-4-3-9(12)7-10(11)13-8/h3-4,7-8,13H,5-6H2,1-2H3/t8-/m0/s1. The van der Waals surface area contributed by atoms with Gasteiger partial charge in [0.25, 0.3) is 0 Å². The maximum Gasteiger partial charge on any atom is 0.0600 e. The maximum absolute atomic E-state index is 5.97. The van der Waals surface area contributed by atoms with Gasteiger partial charge in [0.2, 0.25) is 0 Å². The van der Waals surface area contributed by atoms with Crippen molar-refractivity contribution < 1.29 is 0 Å². The normalized spacial score (nSPS) is 21.1. The van der Waals surface area contributed by atoms with Gasteiger partial charge in [-0.2, -0.15) is 0 Å². The molecule has 2 rings (SSSR count). The number of nitrogens with zero attached hydrogens (tertiary/aromatic N) is 1. The van der Waals surface area contributed by atoms with Crippen LogP contribution in [-0.4, -0.2) is 19.6 Å². The van der Waals surface area contributed by atoms with Crippen LogP contribution in [0.15, 0.2) is 18.2 Å². The molecule has 0 radical (unpaired) electrons. The Bertz CT molecular complexity index is 338. The Balaban J connectivity index is 2.41. The van der Waals surface area contributed by atoms with E-state index >= 15 is 0 Å². The summed E-state index contributed by atoms with van der Waals surface area (Å²) in [7, 11) is 2.12. The van der Waals surface area contributed by atoms with Gasteiger partial charge in [-0.3, -0.25) is 0 Å². The third-order valence-electron chi connectivity index (χ3n) is 2.67. The van der Waals surface area contributed by atoms with Crippen LogP contribution in [0.1, 0.15) is 13.3 Å². The first kappa shape index (κ1) is 9.66. The molecule has 0 saturated heterocycles. The van der Waals surface area contributed by atoms with E-state index in [1.807, 2.05) is 12.1 Å². The number of hydrogen-bond acceptors (Lipinski definition) is 2. The summed E-state index contributed by atoms with van der Waals surface area (Å²) in [5, 5.41) is 4.26. The molecule has 0 aromatic heterocycles. The van der Waals surface area contributed by atoms with Gasteiger partial charge in [0, 0.05) is 24.7 Å². The monoisotopic (exact) mass is 210 g/mol. The van der Waals surface area contributed by atoms with Crippen LogP contribution in [-0.2, 0) is 0 Å². The first-order chi connectivity index (χ1) is 6.66. The van der Waals surface area contributed by atoms with Crippen LogP contribution in [0.3, 0.4) is 0 Å². The lowest BCUT2D eigenvalue weighted by atomic mass is 10.2.